The zero-order chi connectivity index (χ0) is 28.0. The Morgan fingerprint density at radius 2 is 1.73 bits per heavy atom. The number of amides is 1. The van der Waals surface area contributed by atoms with Gasteiger partial charge in [-0.25, -0.2) is 4.98 Å². The fraction of sp³-hybridized carbons (Fsp3) is 0.324. The molecule has 0 saturated carbocycles. The molecule has 0 aliphatic carbocycles. The predicted molar refractivity (Wildman–Crippen MR) is 167 cm³/mol. The third kappa shape index (κ3) is 6.99. The molecule has 2 aliphatic heterocycles. The first-order chi connectivity index (χ1) is 20.1. The van der Waals surface area contributed by atoms with Crippen molar-refractivity contribution in [1.29, 1.82) is 0 Å². The molecule has 2 aromatic carbocycles. The van der Waals surface area contributed by atoms with Gasteiger partial charge in [0.25, 0.3) is 0 Å². The van der Waals surface area contributed by atoms with Crippen LogP contribution in [0.3, 0.4) is 0 Å². The van der Waals surface area contributed by atoms with Gasteiger partial charge in [0.2, 0.25) is 5.91 Å². The van der Waals surface area contributed by atoms with E-state index in [-0.39, 0.29) is 11.9 Å². The Morgan fingerprint density at radius 1 is 0.976 bits per heavy atom. The molecule has 0 radical (unpaired) electrons. The molecule has 2 N–H and O–H groups in total. The third-order valence-corrected chi connectivity index (χ3v) is 8.15. The highest BCUT2D eigenvalue weighted by Gasteiger charge is 2.17. The molecule has 2 aromatic heterocycles. The highest BCUT2D eigenvalue weighted by Crippen LogP contribution is 2.30. The highest BCUT2D eigenvalue weighted by atomic mass is 16.1. The van der Waals surface area contributed by atoms with Gasteiger partial charge >= 0.3 is 0 Å². The summed E-state index contributed by atoms with van der Waals surface area (Å²) in [5, 5.41) is 7.72. The number of anilines is 2. The van der Waals surface area contributed by atoms with Crippen LogP contribution in [-0.4, -0.2) is 64.9 Å². The van der Waals surface area contributed by atoms with E-state index in [1.807, 2.05) is 30.5 Å². The van der Waals surface area contributed by atoms with E-state index in [1.165, 1.54) is 31.5 Å². The standard InChI is InChI=1S/C34H38N6O/c1-39-20-15-29(16-21-39)37-34(41)13-8-25-4-9-27(10-5-25)32-22-33(30-23-35-17-14-31(30)38-32)36-28-11-6-26(7-12-28)24-40-18-2-3-19-40/h4-14,17,22-23,29H,2-3,15-16,18-21,24H2,1H3,(H,36,38)(H,37,41)/b13-8+. The van der Waals surface area contributed by atoms with E-state index in [4.69, 9.17) is 4.98 Å². The highest BCUT2D eigenvalue weighted by molar-refractivity contribution is 5.95. The predicted octanol–water partition coefficient (Wildman–Crippen LogP) is 5.86. The van der Waals surface area contributed by atoms with Crippen molar-refractivity contribution in [1.82, 2.24) is 25.1 Å². The summed E-state index contributed by atoms with van der Waals surface area (Å²) in [6.07, 6.45) is 11.8. The van der Waals surface area contributed by atoms with Gasteiger partial charge in [-0.2, -0.15) is 0 Å². The molecule has 4 heterocycles. The second-order valence-corrected chi connectivity index (χ2v) is 11.3. The summed E-state index contributed by atoms with van der Waals surface area (Å²) in [6.45, 7) is 5.46. The van der Waals surface area contributed by atoms with Crippen LogP contribution in [-0.2, 0) is 11.3 Å². The van der Waals surface area contributed by atoms with Crippen LogP contribution >= 0.6 is 0 Å². The van der Waals surface area contributed by atoms with E-state index in [2.05, 4.69) is 74.9 Å². The SMILES string of the molecule is CN1CCC(NC(=O)/C=C/c2ccc(-c3cc(Nc4ccc(CN5CCCC5)cc4)c4cnccc4n3)cc2)CC1. The Balaban J connectivity index is 1.15. The molecule has 7 nitrogen and oxygen atoms in total. The van der Waals surface area contributed by atoms with Gasteiger partial charge < -0.3 is 15.5 Å². The zero-order valence-corrected chi connectivity index (χ0v) is 23.7. The molecule has 2 aliphatic rings. The average Bonchev–Trinajstić information content (AvgIpc) is 3.52. The number of hydrogen-bond donors (Lipinski definition) is 2. The topological polar surface area (TPSA) is 73.4 Å². The van der Waals surface area contributed by atoms with Crippen molar-refractivity contribution in [2.45, 2.75) is 38.3 Å². The van der Waals surface area contributed by atoms with Crippen LogP contribution in [0.2, 0.25) is 0 Å². The van der Waals surface area contributed by atoms with Crippen molar-refractivity contribution < 1.29 is 4.79 Å². The molecule has 0 spiro atoms. The lowest BCUT2D eigenvalue weighted by atomic mass is 10.1. The average molecular weight is 547 g/mol. The number of benzene rings is 2. The number of fused-ring (bicyclic) bond motifs is 1. The Hall–Kier alpha value is -4.07. The van der Waals surface area contributed by atoms with E-state index in [0.717, 1.165) is 71.6 Å². The second-order valence-electron chi connectivity index (χ2n) is 11.3. The van der Waals surface area contributed by atoms with Crippen LogP contribution in [0, 0.1) is 0 Å². The molecule has 1 amide bonds. The van der Waals surface area contributed by atoms with Gasteiger partial charge in [0.15, 0.2) is 0 Å². The van der Waals surface area contributed by atoms with E-state index in [9.17, 15) is 4.79 Å². The maximum absolute atomic E-state index is 12.4. The van der Waals surface area contributed by atoms with Gasteiger partial charge in [-0.15, -0.1) is 0 Å². The number of likely N-dealkylation sites (tertiary alicyclic amines) is 2. The van der Waals surface area contributed by atoms with Crippen LogP contribution in [0.5, 0.6) is 0 Å². The summed E-state index contributed by atoms with van der Waals surface area (Å²) in [5.74, 6) is -0.0340. The van der Waals surface area contributed by atoms with Crippen molar-refractivity contribution in [3.05, 3.63) is 90.3 Å². The van der Waals surface area contributed by atoms with Gasteiger partial charge in [0.1, 0.15) is 0 Å². The van der Waals surface area contributed by atoms with E-state index < -0.39 is 0 Å². The van der Waals surface area contributed by atoms with Crippen LogP contribution < -0.4 is 10.6 Å². The van der Waals surface area contributed by atoms with E-state index in [1.54, 1.807) is 12.3 Å². The number of aromatic nitrogens is 2. The first kappa shape index (κ1) is 27.1. The summed E-state index contributed by atoms with van der Waals surface area (Å²) >= 11 is 0. The summed E-state index contributed by atoms with van der Waals surface area (Å²) < 4.78 is 0. The number of carbonyl (C=O) groups excluding carboxylic acids is 1. The van der Waals surface area contributed by atoms with Crippen molar-refractivity contribution in [3.63, 3.8) is 0 Å². The minimum Gasteiger partial charge on any atom is -0.355 e. The monoisotopic (exact) mass is 546 g/mol. The summed E-state index contributed by atoms with van der Waals surface area (Å²) in [4.78, 5) is 26.5. The van der Waals surface area contributed by atoms with Gasteiger partial charge in [0, 0.05) is 47.7 Å². The van der Waals surface area contributed by atoms with Crippen LogP contribution in [0.4, 0.5) is 11.4 Å². The smallest absolute Gasteiger partial charge is 0.244 e. The summed E-state index contributed by atoms with van der Waals surface area (Å²) in [5.41, 5.74) is 7.11. The molecule has 41 heavy (non-hydrogen) atoms. The molecular weight excluding hydrogens is 508 g/mol. The molecule has 6 rings (SSSR count). The minimum atomic E-state index is -0.0340. The first-order valence-electron chi connectivity index (χ1n) is 14.7. The molecule has 2 saturated heterocycles. The quantitative estimate of drug-likeness (QED) is 0.270. The van der Waals surface area contributed by atoms with Crippen LogP contribution in [0.1, 0.15) is 36.8 Å². The Bertz CT molecular complexity index is 1500. The number of piperidine rings is 1. The maximum atomic E-state index is 12.4. The second kappa shape index (κ2) is 12.6. The Kier molecular flexibility index (Phi) is 8.35. The number of nitrogens with zero attached hydrogens (tertiary/aromatic N) is 4. The fourth-order valence-electron chi connectivity index (χ4n) is 5.71. The van der Waals surface area contributed by atoms with Crippen molar-refractivity contribution in [2.75, 3.05) is 38.5 Å². The normalized spacial score (nSPS) is 16.9. The lowest BCUT2D eigenvalue weighted by Crippen LogP contribution is -2.42. The number of hydrogen-bond acceptors (Lipinski definition) is 6. The Labute approximate surface area is 242 Å². The van der Waals surface area contributed by atoms with Crippen molar-refractivity contribution >= 4 is 34.3 Å². The van der Waals surface area contributed by atoms with E-state index >= 15 is 0 Å². The van der Waals surface area contributed by atoms with Gasteiger partial charge in [-0.05, 0) is 100 Å². The third-order valence-electron chi connectivity index (χ3n) is 8.15. The molecule has 7 heteroatoms. The zero-order valence-electron chi connectivity index (χ0n) is 23.7. The maximum Gasteiger partial charge on any atom is 0.244 e. The molecule has 0 atom stereocenters. The number of pyridine rings is 2. The molecule has 4 aromatic rings. The van der Waals surface area contributed by atoms with Gasteiger partial charge in [-0.3, -0.25) is 14.7 Å². The molecular formula is C34H38N6O. The molecule has 2 fully saturated rings. The lowest BCUT2D eigenvalue weighted by Gasteiger charge is -2.29. The van der Waals surface area contributed by atoms with Crippen LogP contribution in [0.15, 0.2) is 79.1 Å². The van der Waals surface area contributed by atoms with Gasteiger partial charge in [-0.1, -0.05) is 36.4 Å². The fourth-order valence-corrected chi connectivity index (χ4v) is 5.71. The number of carbonyl (C=O) groups is 1. The van der Waals surface area contributed by atoms with E-state index in [0.29, 0.717) is 0 Å². The minimum absolute atomic E-state index is 0.0340. The molecule has 0 unspecified atom stereocenters. The van der Waals surface area contributed by atoms with Crippen LogP contribution in [0.25, 0.3) is 28.2 Å². The summed E-state index contributed by atoms with van der Waals surface area (Å²) in [7, 11) is 2.12. The largest absolute Gasteiger partial charge is 0.355 e. The van der Waals surface area contributed by atoms with Crippen molar-refractivity contribution in [2.24, 2.45) is 0 Å². The lowest BCUT2D eigenvalue weighted by molar-refractivity contribution is -0.117. The van der Waals surface area contributed by atoms with Gasteiger partial charge in [0.05, 0.1) is 16.9 Å². The molecule has 210 valence electrons. The Morgan fingerprint density at radius 3 is 2.49 bits per heavy atom. The summed E-state index contributed by atoms with van der Waals surface area (Å²) in [6, 6.07) is 21.2. The molecule has 0 bridgehead atoms. The number of nitrogens with one attached hydrogen (secondary N) is 2. The number of rotatable bonds is 8. The van der Waals surface area contributed by atoms with Crippen molar-refractivity contribution in [3.8, 4) is 11.3 Å². The first-order valence-corrected chi connectivity index (χ1v) is 14.7.